The molecule has 0 saturated heterocycles. The third-order valence-corrected chi connectivity index (χ3v) is 3.74. The molecule has 2 amide bonds. The van der Waals surface area contributed by atoms with Gasteiger partial charge in [-0.3, -0.25) is 14.6 Å². The number of nitrogens with zero attached hydrogens (tertiary/aromatic N) is 1. The molecule has 0 atom stereocenters. The second kappa shape index (κ2) is 8.45. The summed E-state index contributed by atoms with van der Waals surface area (Å²) in [4.78, 5) is 28.5. The minimum atomic E-state index is -0.372. The van der Waals surface area contributed by atoms with Crippen LogP contribution in [-0.2, 0) is 0 Å². The van der Waals surface area contributed by atoms with Crippen LogP contribution < -0.4 is 10.6 Å². The van der Waals surface area contributed by atoms with Crippen molar-refractivity contribution in [1.29, 1.82) is 0 Å². The summed E-state index contributed by atoms with van der Waals surface area (Å²) < 4.78 is 0. The van der Waals surface area contributed by atoms with Gasteiger partial charge in [-0.2, -0.15) is 0 Å². The molecule has 0 saturated carbocycles. The van der Waals surface area contributed by atoms with E-state index in [1.165, 1.54) is 12.3 Å². The van der Waals surface area contributed by atoms with Crippen molar-refractivity contribution >= 4 is 29.1 Å². The van der Waals surface area contributed by atoms with Gasteiger partial charge in [-0.15, -0.1) is 0 Å². The van der Waals surface area contributed by atoms with Gasteiger partial charge in [0, 0.05) is 29.0 Å². The Hall–Kier alpha value is -2.40. The lowest BCUT2D eigenvalue weighted by Crippen LogP contribution is -2.25. The summed E-state index contributed by atoms with van der Waals surface area (Å²) in [6.07, 6.45) is 3.38. The molecule has 24 heavy (non-hydrogen) atoms. The first-order valence-electron chi connectivity index (χ1n) is 7.83. The number of rotatable bonds is 6. The average molecular weight is 346 g/mol. The molecule has 0 aliphatic rings. The van der Waals surface area contributed by atoms with Crippen LogP contribution in [0.25, 0.3) is 0 Å². The lowest BCUT2D eigenvalue weighted by molar-refractivity contribution is 0.0953. The molecule has 2 rings (SSSR count). The number of benzene rings is 1. The van der Waals surface area contributed by atoms with Gasteiger partial charge in [-0.25, -0.2) is 0 Å². The standard InChI is InChI=1S/C18H20ClN3O2/c1-3-4-8-21-17(23)13-7-9-20-16(11-13)18(24)22-15-6-5-14(19)10-12(15)2/h5-7,9-11H,3-4,8H2,1-2H3,(H,21,23)(H,22,24). The Morgan fingerprint density at radius 1 is 1.17 bits per heavy atom. The summed E-state index contributed by atoms with van der Waals surface area (Å²) in [7, 11) is 0. The zero-order valence-corrected chi connectivity index (χ0v) is 14.5. The van der Waals surface area contributed by atoms with E-state index in [-0.39, 0.29) is 17.5 Å². The lowest BCUT2D eigenvalue weighted by atomic mass is 10.1. The highest BCUT2D eigenvalue weighted by Crippen LogP contribution is 2.20. The van der Waals surface area contributed by atoms with Crippen molar-refractivity contribution in [1.82, 2.24) is 10.3 Å². The SMILES string of the molecule is CCCCNC(=O)c1ccnc(C(=O)Nc2ccc(Cl)cc2C)c1. The molecule has 1 aromatic carbocycles. The number of nitrogens with one attached hydrogen (secondary N) is 2. The highest BCUT2D eigenvalue weighted by molar-refractivity contribution is 6.30. The van der Waals surface area contributed by atoms with Gasteiger partial charge in [-0.1, -0.05) is 24.9 Å². The Kier molecular flexibility index (Phi) is 6.32. The van der Waals surface area contributed by atoms with Crippen LogP contribution in [0.5, 0.6) is 0 Å². The minimum Gasteiger partial charge on any atom is -0.352 e. The van der Waals surface area contributed by atoms with Gasteiger partial charge in [0.05, 0.1) is 0 Å². The van der Waals surface area contributed by atoms with Crippen LogP contribution in [0.1, 0.15) is 46.2 Å². The van der Waals surface area contributed by atoms with Gasteiger partial charge in [0.2, 0.25) is 0 Å². The average Bonchev–Trinajstić information content (AvgIpc) is 2.57. The molecule has 0 spiro atoms. The maximum absolute atomic E-state index is 12.3. The molecule has 0 bridgehead atoms. The molecule has 0 aliphatic heterocycles. The minimum absolute atomic E-state index is 0.187. The van der Waals surface area contributed by atoms with Gasteiger partial charge < -0.3 is 10.6 Å². The Labute approximate surface area is 146 Å². The van der Waals surface area contributed by atoms with Crippen molar-refractivity contribution in [2.75, 3.05) is 11.9 Å². The van der Waals surface area contributed by atoms with Crippen LogP contribution in [0.3, 0.4) is 0 Å². The fraction of sp³-hybridized carbons (Fsp3) is 0.278. The number of hydrogen-bond acceptors (Lipinski definition) is 3. The summed E-state index contributed by atoms with van der Waals surface area (Å²) in [5.74, 6) is -0.578. The van der Waals surface area contributed by atoms with Gasteiger partial charge in [0.1, 0.15) is 5.69 Å². The first-order valence-corrected chi connectivity index (χ1v) is 8.21. The van der Waals surface area contributed by atoms with Crippen LogP contribution >= 0.6 is 11.6 Å². The fourth-order valence-corrected chi connectivity index (χ4v) is 2.36. The van der Waals surface area contributed by atoms with Crippen LogP contribution in [0.4, 0.5) is 5.69 Å². The van der Waals surface area contributed by atoms with Crippen LogP contribution in [0, 0.1) is 6.92 Å². The molecule has 5 nitrogen and oxygen atoms in total. The van der Waals surface area contributed by atoms with Crippen LogP contribution in [-0.4, -0.2) is 23.3 Å². The quantitative estimate of drug-likeness (QED) is 0.782. The second-order valence-electron chi connectivity index (χ2n) is 5.45. The second-order valence-corrected chi connectivity index (χ2v) is 5.89. The molecular weight excluding hydrogens is 326 g/mol. The van der Waals surface area contributed by atoms with E-state index in [4.69, 9.17) is 11.6 Å². The van der Waals surface area contributed by atoms with E-state index >= 15 is 0 Å². The molecule has 0 unspecified atom stereocenters. The maximum atomic E-state index is 12.3. The molecule has 0 fully saturated rings. The predicted octanol–water partition coefficient (Wildman–Crippen LogP) is 3.83. The zero-order chi connectivity index (χ0) is 17.5. The van der Waals surface area contributed by atoms with Crippen molar-refractivity contribution < 1.29 is 9.59 Å². The van der Waals surface area contributed by atoms with Crippen molar-refractivity contribution in [2.24, 2.45) is 0 Å². The number of carbonyl (C=O) groups excluding carboxylic acids is 2. The number of carbonyl (C=O) groups is 2. The van der Waals surface area contributed by atoms with Crippen molar-refractivity contribution in [2.45, 2.75) is 26.7 Å². The number of unbranched alkanes of at least 4 members (excludes halogenated alkanes) is 1. The summed E-state index contributed by atoms with van der Waals surface area (Å²) in [5.41, 5.74) is 2.11. The Balaban J connectivity index is 2.09. The van der Waals surface area contributed by atoms with E-state index in [2.05, 4.69) is 22.5 Å². The molecule has 2 N–H and O–H groups in total. The van der Waals surface area contributed by atoms with Gasteiger partial charge >= 0.3 is 0 Å². The van der Waals surface area contributed by atoms with Crippen LogP contribution in [0.15, 0.2) is 36.5 Å². The Bertz CT molecular complexity index is 747. The summed E-state index contributed by atoms with van der Waals surface area (Å²) in [6, 6.07) is 8.28. The van der Waals surface area contributed by atoms with Crippen LogP contribution in [0.2, 0.25) is 5.02 Å². The third kappa shape index (κ3) is 4.80. The van der Waals surface area contributed by atoms with Crippen molar-refractivity contribution in [3.05, 3.63) is 58.4 Å². The van der Waals surface area contributed by atoms with Gasteiger partial charge in [0.25, 0.3) is 11.8 Å². The van der Waals surface area contributed by atoms with E-state index in [1.807, 2.05) is 6.92 Å². The molecule has 126 valence electrons. The van der Waals surface area contributed by atoms with E-state index in [0.29, 0.717) is 22.8 Å². The third-order valence-electron chi connectivity index (χ3n) is 3.51. The van der Waals surface area contributed by atoms with Gasteiger partial charge in [-0.05, 0) is 49.2 Å². The molecule has 0 radical (unpaired) electrons. The molecular formula is C18H20ClN3O2. The molecule has 1 heterocycles. The number of pyridine rings is 1. The van der Waals surface area contributed by atoms with E-state index in [0.717, 1.165) is 18.4 Å². The summed E-state index contributed by atoms with van der Waals surface area (Å²) >= 11 is 5.91. The zero-order valence-electron chi connectivity index (χ0n) is 13.7. The maximum Gasteiger partial charge on any atom is 0.274 e. The monoisotopic (exact) mass is 345 g/mol. The highest BCUT2D eigenvalue weighted by Gasteiger charge is 2.13. The first kappa shape index (κ1) is 17.9. The van der Waals surface area contributed by atoms with E-state index < -0.39 is 0 Å². The fourth-order valence-electron chi connectivity index (χ4n) is 2.13. The number of aromatic nitrogens is 1. The van der Waals surface area contributed by atoms with Gasteiger partial charge in [0.15, 0.2) is 0 Å². The summed E-state index contributed by atoms with van der Waals surface area (Å²) in [6.45, 7) is 4.52. The number of halogens is 1. The Morgan fingerprint density at radius 3 is 2.67 bits per heavy atom. The van der Waals surface area contributed by atoms with Crippen molar-refractivity contribution in [3.63, 3.8) is 0 Å². The predicted molar refractivity (Wildman–Crippen MR) is 95.6 cm³/mol. The number of hydrogen-bond donors (Lipinski definition) is 2. The largest absolute Gasteiger partial charge is 0.352 e. The number of aryl methyl sites for hydroxylation is 1. The normalized spacial score (nSPS) is 10.3. The number of anilines is 1. The molecule has 1 aromatic heterocycles. The molecule has 0 aliphatic carbocycles. The summed E-state index contributed by atoms with van der Waals surface area (Å²) in [5, 5.41) is 6.20. The lowest BCUT2D eigenvalue weighted by Gasteiger charge is -2.09. The first-order chi connectivity index (χ1) is 11.5. The molecule has 6 heteroatoms. The van der Waals surface area contributed by atoms with Crippen molar-refractivity contribution in [3.8, 4) is 0 Å². The van der Waals surface area contributed by atoms with E-state index in [9.17, 15) is 9.59 Å². The smallest absolute Gasteiger partial charge is 0.274 e. The topological polar surface area (TPSA) is 71.1 Å². The number of amides is 2. The Morgan fingerprint density at radius 2 is 1.96 bits per heavy atom. The molecule has 2 aromatic rings. The van der Waals surface area contributed by atoms with E-state index in [1.54, 1.807) is 24.3 Å². The highest BCUT2D eigenvalue weighted by atomic mass is 35.5.